The van der Waals surface area contributed by atoms with Crippen LogP contribution in [0.4, 0.5) is 4.79 Å². The molecule has 0 aliphatic carbocycles. The lowest BCUT2D eigenvalue weighted by atomic mass is 10.0. The van der Waals surface area contributed by atoms with Gasteiger partial charge in [0.05, 0.1) is 18.9 Å². The molecule has 0 spiro atoms. The van der Waals surface area contributed by atoms with Crippen LogP contribution in [0.2, 0.25) is 0 Å². The maximum atomic E-state index is 13.2. The number of nitrogens with zero attached hydrogens (tertiary/aromatic N) is 4. The number of carbonyl (C=O) groups is 2. The summed E-state index contributed by atoms with van der Waals surface area (Å²) in [5.74, 6) is 5.90. The van der Waals surface area contributed by atoms with Crippen LogP contribution in [0.25, 0.3) is 0 Å². The van der Waals surface area contributed by atoms with Gasteiger partial charge in [0.15, 0.2) is 0 Å². The Bertz CT molecular complexity index is 1500. The highest BCUT2D eigenvalue weighted by atomic mass is 16.3. The standard InChI is InChI=1S/C30H32N6O4/c1-20(2)36-26(18-35(30(36)40)17-25-27(37)28(38)33-19-32-25)23-9-5-21(6-10-23)3-4-22-7-11-24(12-8-22)29(39)34-15-13-31-14-16-34/h5-12,19-20,26,31,37H,13-18H2,1-2H3,(H,32,33,38). The van der Waals surface area contributed by atoms with Crippen molar-refractivity contribution in [1.29, 1.82) is 0 Å². The predicted octanol–water partition coefficient (Wildman–Crippen LogP) is 2.31. The smallest absolute Gasteiger partial charge is 0.321 e. The predicted molar refractivity (Wildman–Crippen MR) is 150 cm³/mol. The molecule has 1 atom stereocenters. The van der Waals surface area contributed by atoms with Gasteiger partial charge in [0, 0.05) is 55.5 Å². The Hall–Kier alpha value is -4.62. The summed E-state index contributed by atoms with van der Waals surface area (Å²) in [5.41, 5.74) is 2.81. The summed E-state index contributed by atoms with van der Waals surface area (Å²) in [6.45, 7) is 7.42. The average Bonchev–Trinajstić information content (AvgIpc) is 3.30. The van der Waals surface area contributed by atoms with Crippen LogP contribution in [0.3, 0.4) is 0 Å². The number of H-pyrrole nitrogens is 1. The van der Waals surface area contributed by atoms with E-state index in [0.717, 1.165) is 29.8 Å². The van der Waals surface area contributed by atoms with Crippen LogP contribution < -0.4 is 10.9 Å². The van der Waals surface area contributed by atoms with Gasteiger partial charge in [0.25, 0.3) is 11.5 Å². The van der Waals surface area contributed by atoms with Gasteiger partial charge in [-0.1, -0.05) is 24.0 Å². The van der Waals surface area contributed by atoms with Crippen LogP contribution in [0, 0.1) is 11.8 Å². The van der Waals surface area contributed by atoms with Gasteiger partial charge < -0.3 is 30.1 Å². The number of piperazine rings is 1. The molecule has 0 radical (unpaired) electrons. The van der Waals surface area contributed by atoms with Gasteiger partial charge in [-0.3, -0.25) is 9.59 Å². The number of hydrogen-bond acceptors (Lipinski definition) is 6. The zero-order valence-electron chi connectivity index (χ0n) is 22.6. The second-order valence-electron chi connectivity index (χ2n) is 10.2. The van der Waals surface area contributed by atoms with Gasteiger partial charge in [-0.25, -0.2) is 9.78 Å². The molecule has 10 nitrogen and oxygen atoms in total. The number of aromatic hydroxyl groups is 1. The lowest BCUT2D eigenvalue weighted by Crippen LogP contribution is -2.46. The van der Waals surface area contributed by atoms with Crippen molar-refractivity contribution in [3.63, 3.8) is 0 Å². The summed E-state index contributed by atoms with van der Waals surface area (Å²) >= 11 is 0. The van der Waals surface area contributed by atoms with Crippen molar-refractivity contribution < 1.29 is 14.7 Å². The van der Waals surface area contributed by atoms with Crippen molar-refractivity contribution in [2.45, 2.75) is 32.5 Å². The molecule has 2 saturated heterocycles. The summed E-state index contributed by atoms with van der Waals surface area (Å²) in [4.78, 5) is 49.2. The molecule has 2 aliphatic heterocycles. The molecule has 0 saturated carbocycles. The molecule has 2 aromatic carbocycles. The SMILES string of the molecule is CC(C)N1C(=O)N(Cc2nc[nH]c(=O)c2O)CC1c1ccc(C#Cc2ccc(C(=O)N3CCNCC3)cc2)cc1. The van der Waals surface area contributed by atoms with E-state index in [9.17, 15) is 19.5 Å². The Morgan fingerprint density at radius 2 is 1.65 bits per heavy atom. The maximum absolute atomic E-state index is 13.2. The Labute approximate surface area is 232 Å². The lowest BCUT2D eigenvalue weighted by molar-refractivity contribution is 0.0735. The molecule has 1 aromatic heterocycles. The fourth-order valence-corrected chi connectivity index (χ4v) is 5.06. The van der Waals surface area contributed by atoms with Gasteiger partial charge >= 0.3 is 6.03 Å². The van der Waals surface area contributed by atoms with Crippen LogP contribution in [-0.2, 0) is 6.54 Å². The number of carbonyl (C=O) groups excluding carboxylic acids is 2. The third-order valence-corrected chi connectivity index (χ3v) is 7.20. The van der Waals surface area contributed by atoms with Crippen LogP contribution in [-0.4, -0.2) is 80.5 Å². The summed E-state index contributed by atoms with van der Waals surface area (Å²) < 4.78 is 0. The van der Waals surface area contributed by atoms with Gasteiger partial charge in [-0.05, 0) is 55.8 Å². The molecule has 3 N–H and O–H groups in total. The Kier molecular flexibility index (Phi) is 7.84. The Morgan fingerprint density at radius 1 is 1.02 bits per heavy atom. The number of rotatable bonds is 5. The van der Waals surface area contributed by atoms with Crippen LogP contribution in [0.15, 0.2) is 59.7 Å². The highest BCUT2D eigenvalue weighted by Crippen LogP contribution is 2.33. The summed E-state index contributed by atoms with van der Waals surface area (Å²) in [6.07, 6.45) is 1.22. The van der Waals surface area contributed by atoms with E-state index in [1.54, 1.807) is 9.80 Å². The Balaban J connectivity index is 1.27. The fraction of sp³-hybridized carbons (Fsp3) is 0.333. The Morgan fingerprint density at radius 3 is 2.27 bits per heavy atom. The first-order valence-electron chi connectivity index (χ1n) is 13.4. The minimum Gasteiger partial charge on any atom is -0.502 e. The number of urea groups is 1. The van der Waals surface area contributed by atoms with E-state index in [0.29, 0.717) is 25.2 Å². The number of amides is 3. The summed E-state index contributed by atoms with van der Waals surface area (Å²) in [7, 11) is 0. The number of benzene rings is 2. The molecular formula is C30H32N6O4. The molecule has 2 aliphatic rings. The van der Waals surface area contributed by atoms with E-state index in [-0.39, 0.29) is 36.3 Å². The largest absolute Gasteiger partial charge is 0.502 e. The summed E-state index contributed by atoms with van der Waals surface area (Å²) in [6, 6.07) is 14.8. The molecule has 206 valence electrons. The molecule has 40 heavy (non-hydrogen) atoms. The van der Waals surface area contributed by atoms with Crippen molar-refractivity contribution in [2.24, 2.45) is 0 Å². The topological polar surface area (TPSA) is 122 Å². The molecule has 1 unspecified atom stereocenters. The van der Waals surface area contributed by atoms with E-state index in [2.05, 4.69) is 27.1 Å². The van der Waals surface area contributed by atoms with Crippen LogP contribution in [0.5, 0.6) is 5.75 Å². The summed E-state index contributed by atoms with van der Waals surface area (Å²) in [5, 5.41) is 13.3. The molecule has 2 fully saturated rings. The van der Waals surface area contributed by atoms with E-state index in [4.69, 9.17) is 0 Å². The zero-order valence-corrected chi connectivity index (χ0v) is 22.6. The van der Waals surface area contributed by atoms with Crippen molar-refractivity contribution in [3.05, 3.63) is 93.2 Å². The second kappa shape index (κ2) is 11.6. The third kappa shape index (κ3) is 5.70. The maximum Gasteiger partial charge on any atom is 0.321 e. The minimum atomic E-state index is -0.634. The molecular weight excluding hydrogens is 508 g/mol. The highest BCUT2D eigenvalue weighted by Gasteiger charge is 2.40. The van der Waals surface area contributed by atoms with E-state index < -0.39 is 11.3 Å². The molecule has 3 heterocycles. The third-order valence-electron chi connectivity index (χ3n) is 7.20. The molecule has 10 heteroatoms. The van der Waals surface area contributed by atoms with E-state index >= 15 is 0 Å². The van der Waals surface area contributed by atoms with Gasteiger partial charge in [0.2, 0.25) is 5.75 Å². The van der Waals surface area contributed by atoms with Gasteiger partial charge in [-0.15, -0.1) is 0 Å². The molecule has 3 amide bonds. The lowest BCUT2D eigenvalue weighted by Gasteiger charge is -2.27. The fourth-order valence-electron chi connectivity index (χ4n) is 5.06. The van der Waals surface area contributed by atoms with E-state index in [1.165, 1.54) is 6.33 Å². The zero-order chi connectivity index (χ0) is 28.2. The highest BCUT2D eigenvalue weighted by molar-refractivity contribution is 5.94. The van der Waals surface area contributed by atoms with Crippen molar-refractivity contribution >= 4 is 11.9 Å². The first-order valence-corrected chi connectivity index (χ1v) is 13.4. The van der Waals surface area contributed by atoms with Crippen molar-refractivity contribution in [1.82, 2.24) is 30.0 Å². The molecule has 3 aromatic rings. The average molecular weight is 541 g/mol. The van der Waals surface area contributed by atoms with Gasteiger partial charge in [0.1, 0.15) is 5.69 Å². The van der Waals surface area contributed by atoms with Crippen molar-refractivity contribution in [3.8, 4) is 17.6 Å². The number of aromatic amines is 1. The number of aromatic nitrogens is 2. The normalized spacial score (nSPS) is 17.2. The molecule has 5 rings (SSSR count). The first kappa shape index (κ1) is 27.0. The van der Waals surface area contributed by atoms with Crippen LogP contribution >= 0.6 is 0 Å². The van der Waals surface area contributed by atoms with Gasteiger partial charge in [-0.2, -0.15) is 0 Å². The quantitative estimate of drug-likeness (QED) is 0.427. The van der Waals surface area contributed by atoms with E-state index in [1.807, 2.05) is 67.3 Å². The van der Waals surface area contributed by atoms with Crippen molar-refractivity contribution in [2.75, 3.05) is 32.7 Å². The molecule has 0 bridgehead atoms. The minimum absolute atomic E-state index is 0.0392. The first-order chi connectivity index (χ1) is 19.3. The number of nitrogens with one attached hydrogen (secondary N) is 2. The monoisotopic (exact) mass is 540 g/mol. The second-order valence-corrected chi connectivity index (χ2v) is 10.2. The number of hydrogen-bond donors (Lipinski definition) is 3. The van der Waals surface area contributed by atoms with Crippen LogP contribution in [0.1, 0.15) is 52.6 Å².